The number of halogens is 3. The number of rotatable bonds is 3. The Hall–Kier alpha value is -2.42. The summed E-state index contributed by atoms with van der Waals surface area (Å²) >= 11 is 0. The molecule has 0 atom stereocenters. The van der Waals surface area contributed by atoms with Crippen LogP contribution < -0.4 is 4.74 Å². The quantitative estimate of drug-likeness (QED) is 0.810. The first-order valence-electron chi connectivity index (χ1n) is 6.13. The lowest BCUT2D eigenvalue weighted by Gasteiger charge is -2.13. The molecule has 1 aromatic heterocycles. The zero-order chi connectivity index (χ0) is 15.6. The highest BCUT2D eigenvalue weighted by atomic mass is 19.4. The highest BCUT2D eigenvalue weighted by Crippen LogP contribution is 2.37. The third kappa shape index (κ3) is 3.02. The Morgan fingerprint density at radius 2 is 2.05 bits per heavy atom. The van der Waals surface area contributed by atoms with E-state index in [0.717, 1.165) is 22.0 Å². The van der Waals surface area contributed by atoms with Gasteiger partial charge < -0.3 is 4.74 Å². The van der Waals surface area contributed by atoms with Crippen molar-refractivity contribution in [3.05, 3.63) is 41.1 Å². The van der Waals surface area contributed by atoms with Gasteiger partial charge in [0.15, 0.2) is 6.61 Å². The molecule has 0 spiro atoms. The molecule has 0 aliphatic rings. The Balaban J connectivity index is 2.61. The van der Waals surface area contributed by atoms with E-state index < -0.39 is 17.6 Å². The number of nitrogens with zero attached hydrogens (tertiary/aromatic N) is 2. The van der Waals surface area contributed by atoms with E-state index in [0.29, 0.717) is 5.69 Å². The molecule has 0 saturated heterocycles. The molecular weight excluding hydrogens is 281 g/mol. The Labute approximate surface area is 120 Å². The third-order valence-electron chi connectivity index (χ3n) is 2.92. The number of ether oxygens (including phenoxy) is 1. The van der Waals surface area contributed by atoms with Crippen LogP contribution >= 0.6 is 0 Å². The zero-order valence-electron chi connectivity index (χ0n) is 11.5. The Morgan fingerprint density at radius 3 is 2.67 bits per heavy atom. The minimum absolute atomic E-state index is 0.264. The van der Waals surface area contributed by atoms with E-state index in [1.807, 2.05) is 19.1 Å². The van der Waals surface area contributed by atoms with Crippen molar-refractivity contribution in [2.45, 2.75) is 20.0 Å². The molecule has 2 aromatic rings. The van der Waals surface area contributed by atoms with Crippen LogP contribution in [0.25, 0.3) is 5.69 Å². The average Bonchev–Trinajstić information content (AvgIpc) is 2.82. The Morgan fingerprint density at radius 1 is 1.33 bits per heavy atom. The van der Waals surface area contributed by atoms with Crippen LogP contribution in [0.1, 0.15) is 16.7 Å². The van der Waals surface area contributed by atoms with Crippen molar-refractivity contribution in [2.75, 3.05) is 6.61 Å². The standard InChI is InChI=1S/C15H13F3N2O/c1-4-7-21-14-12(15(16,17)18)9-19-20(14)13-8-10(2)5-6-11(13)3/h1,5-6,8-9H,7H2,2-3H3. The lowest BCUT2D eigenvalue weighted by Crippen LogP contribution is -2.10. The normalized spacial score (nSPS) is 11.2. The summed E-state index contributed by atoms with van der Waals surface area (Å²) in [6.45, 7) is 3.37. The fourth-order valence-corrected chi connectivity index (χ4v) is 1.90. The van der Waals surface area contributed by atoms with Gasteiger partial charge in [0.05, 0.1) is 11.9 Å². The molecule has 2 rings (SSSR count). The molecule has 0 unspecified atom stereocenters. The minimum Gasteiger partial charge on any atom is -0.464 e. The van der Waals surface area contributed by atoms with Crippen molar-refractivity contribution in [1.82, 2.24) is 9.78 Å². The average molecular weight is 294 g/mol. The summed E-state index contributed by atoms with van der Waals surface area (Å²) in [4.78, 5) is 0. The van der Waals surface area contributed by atoms with Gasteiger partial charge in [-0.2, -0.15) is 18.3 Å². The van der Waals surface area contributed by atoms with E-state index in [4.69, 9.17) is 11.2 Å². The van der Waals surface area contributed by atoms with Crippen LogP contribution in [0, 0.1) is 26.2 Å². The lowest BCUT2D eigenvalue weighted by atomic mass is 10.1. The number of benzene rings is 1. The van der Waals surface area contributed by atoms with E-state index in [1.165, 1.54) is 0 Å². The van der Waals surface area contributed by atoms with Crippen LogP contribution in [0.5, 0.6) is 5.88 Å². The van der Waals surface area contributed by atoms with E-state index >= 15 is 0 Å². The number of alkyl halides is 3. The SMILES string of the molecule is C#CCOc1c(C(F)(F)F)cnn1-c1cc(C)ccc1C. The molecule has 21 heavy (non-hydrogen) atoms. The second-order valence-corrected chi connectivity index (χ2v) is 4.56. The van der Waals surface area contributed by atoms with Crippen LogP contribution in [0.2, 0.25) is 0 Å². The van der Waals surface area contributed by atoms with E-state index in [-0.39, 0.29) is 6.61 Å². The van der Waals surface area contributed by atoms with Crippen molar-refractivity contribution in [1.29, 1.82) is 0 Å². The topological polar surface area (TPSA) is 27.1 Å². The molecule has 0 amide bonds. The summed E-state index contributed by atoms with van der Waals surface area (Å²) in [7, 11) is 0. The first-order valence-corrected chi connectivity index (χ1v) is 6.13. The van der Waals surface area contributed by atoms with E-state index in [9.17, 15) is 13.2 Å². The summed E-state index contributed by atoms with van der Waals surface area (Å²) in [5.41, 5.74) is 1.27. The Bertz CT molecular complexity index is 696. The van der Waals surface area contributed by atoms with Crippen LogP contribution in [-0.4, -0.2) is 16.4 Å². The van der Waals surface area contributed by atoms with Crippen molar-refractivity contribution in [2.24, 2.45) is 0 Å². The minimum atomic E-state index is -4.56. The molecule has 1 aromatic carbocycles. The maximum atomic E-state index is 13.0. The monoisotopic (exact) mass is 294 g/mol. The molecule has 0 fully saturated rings. The predicted octanol–water partition coefficient (Wildman–Crippen LogP) is 3.52. The van der Waals surface area contributed by atoms with Gasteiger partial charge in [-0.1, -0.05) is 18.1 Å². The highest BCUT2D eigenvalue weighted by Gasteiger charge is 2.38. The molecule has 0 bridgehead atoms. The molecule has 110 valence electrons. The summed E-state index contributed by atoms with van der Waals surface area (Å²) < 4.78 is 45.2. The van der Waals surface area contributed by atoms with Gasteiger partial charge >= 0.3 is 6.18 Å². The zero-order valence-corrected chi connectivity index (χ0v) is 11.5. The molecular formula is C15H13F3N2O. The fraction of sp³-hybridized carbons (Fsp3) is 0.267. The first kappa shape index (κ1) is 15.0. The molecule has 6 heteroatoms. The molecule has 0 radical (unpaired) electrons. The highest BCUT2D eigenvalue weighted by molar-refractivity contribution is 5.46. The number of hydrogen-bond acceptors (Lipinski definition) is 2. The largest absolute Gasteiger partial charge is 0.464 e. The van der Waals surface area contributed by atoms with Gasteiger partial charge in [0.25, 0.3) is 0 Å². The van der Waals surface area contributed by atoms with Crippen LogP contribution in [-0.2, 0) is 6.18 Å². The van der Waals surface area contributed by atoms with Gasteiger partial charge in [-0.05, 0) is 31.0 Å². The second kappa shape index (κ2) is 5.52. The predicted molar refractivity (Wildman–Crippen MR) is 72.4 cm³/mol. The fourth-order valence-electron chi connectivity index (χ4n) is 1.90. The number of terminal acetylenes is 1. The van der Waals surface area contributed by atoms with Crippen molar-refractivity contribution in [3.63, 3.8) is 0 Å². The van der Waals surface area contributed by atoms with Crippen LogP contribution in [0.15, 0.2) is 24.4 Å². The summed E-state index contributed by atoms with van der Waals surface area (Å²) in [6.07, 6.45) is 1.25. The molecule has 0 aliphatic heterocycles. The maximum Gasteiger partial charge on any atom is 0.423 e. The molecule has 3 nitrogen and oxygen atoms in total. The first-order chi connectivity index (χ1) is 9.84. The summed E-state index contributed by atoms with van der Waals surface area (Å²) in [5, 5.41) is 3.81. The maximum absolute atomic E-state index is 13.0. The van der Waals surface area contributed by atoms with Crippen molar-refractivity contribution < 1.29 is 17.9 Å². The molecule has 1 heterocycles. The molecule has 0 N–H and O–H groups in total. The van der Waals surface area contributed by atoms with Gasteiger partial charge in [-0.25, -0.2) is 4.68 Å². The molecule has 0 aliphatic carbocycles. The molecule has 0 saturated carbocycles. The Kier molecular flexibility index (Phi) is 3.94. The van der Waals surface area contributed by atoms with Gasteiger partial charge in [0, 0.05) is 0 Å². The lowest BCUT2D eigenvalue weighted by molar-refractivity contribution is -0.138. The van der Waals surface area contributed by atoms with E-state index in [2.05, 4.69) is 11.0 Å². The van der Waals surface area contributed by atoms with Crippen LogP contribution in [0.3, 0.4) is 0 Å². The van der Waals surface area contributed by atoms with Gasteiger partial charge in [-0.3, -0.25) is 0 Å². The number of aryl methyl sites for hydroxylation is 2. The smallest absolute Gasteiger partial charge is 0.423 e. The van der Waals surface area contributed by atoms with Crippen LogP contribution in [0.4, 0.5) is 13.2 Å². The third-order valence-corrected chi connectivity index (χ3v) is 2.92. The van der Waals surface area contributed by atoms with Crippen molar-refractivity contribution in [3.8, 4) is 23.9 Å². The summed E-state index contributed by atoms with van der Waals surface area (Å²) in [5.74, 6) is 1.76. The van der Waals surface area contributed by atoms with Gasteiger partial charge in [0.1, 0.15) is 5.56 Å². The van der Waals surface area contributed by atoms with Gasteiger partial charge in [0.2, 0.25) is 5.88 Å². The van der Waals surface area contributed by atoms with Gasteiger partial charge in [-0.15, -0.1) is 6.42 Å². The number of hydrogen-bond donors (Lipinski definition) is 0. The second-order valence-electron chi connectivity index (χ2n) is 4.56. The number of aromatic nitrogens is 2. The summed E-state index contributed by atoms with van der Waals surface area (Å²) in [6, 6.07) is 5.42. The van der Waals surface area contributed by atoms with E-state index in [1.54, 1.807) is 13.0 Å². The van der Waals surface area contributed by atoms with Crippen molar-refractivity contribution >= 4 is 0 Å².